The third-order valence-electron chi connectivity index (χ3n) is 4.73. The van der Waals surface area contributed by atoms with Gasteiger partial charge in [0.2, 0.25) is 0 Å². The molecule has 1 saturated carbocycles. The van der Waals surface area contributed by atoms with Crippen LogP contribution in [-0.2, 0) is 0 Å². The van der Waals surface area contributed by atoms with E-state index in [9.17, 15) is 0 Å². The number of hydrazine groups is 1. The standard InChI is InChI=1S/C15H32N2/c1-5-8-12(2)11-14(17-16)13-9-6-7-10-15(13,3)4/h12-14,17H,5-11,16H2,1-4H3. The van der Waals surface area contributed by atoms with E-state index in [1.54, 1.807) is 0 Å². The van der Waals surface area contributed by atoms with Crippen molar-refractivity contribution >= 4 is 0 Å². The molecular formula is C15H32N2. The lowest BCUT2D eigenvalue weighted by Gasteiger charge is -2.43. The maximum atomic E-state index is 5.82. The van der Waals surface area contributed by atoms with Crippen molar-refractivity contribution in [3.8, 4) is 0 Å². The highest BCUT2D eigenvalue weighted by Gasteiger charge is 2.37. The van der Waals surface area contributed by atoms with Crippen LogP contribution in [0.25, 0.3) is 0 Å². The summed E-state index contributed by atoms with van der Waals surface area (Å²) in [7, 11) is 0. The van der Waals surface area contributed by atoms with Crippen LogP contribution < -0.4 is 11.3 Å². The summed E-state index contributed by atoms with van der Waals surface area (Å²) in [6.07, 6.45) is 9.33. The highest BCUT2D eigenvalue weighted by Crippen LogP contribution is 2.43. The van der Waals surface area contributed by atoms with Gasteiger partial charge in [-0.1, -0.05) is 53.4 Å². The molecule has 0 saturated heterocycles. The number of nitrogens with two attached hydrogens (primary N) is 1. The van der Waals surface area contributed by atoms with Gasteiger partial charge in [0, 0.05) is 6.04 Å². The van der Waals surface area contributed by atoms with Crippen LogP contribution in [0.1, 0.15) is 72.6 Å². The van der Waals surface area contributed by atoms with Gasteiger partial charge in [-0.2, -0.15) is 0 Å². The third-order valence-corrected chi connectivity index (χ3v) is 4.73. The molecule has 3 unspecified atom stereocenters. The van der Waals surface area contributed by atoms with Gasteiger partial charge < -0.3 is 0 Å². The molecule has 102 valence electrons. The molecule has 1 aliphatic rings. The first-order valence-corrected chi connectivity index (χ1v) is 7.47. The molecule has 1 rings (SSSR count). The zero-order valence-electron chi connectivity index (χ0n) is 12.3. The Labute approximate surface area is 108 Å². The smallest absolute Gasteiger partial charge is 0.0246 e. The van der Waals surface area contributed by atoms with Crippen LogP contribution >= 0.6 is 0 Å². The van der Waals surface area contributed by atoms with E-state index in [1.807, 2.05) is 0 Å². The second-order valence-corrected chi connectivity index (χ2v) is 6.74. The second kappa shape index (κ2) is 6.75. The number of hydrogen-bond acceptors (Lipinski definition) is 2. The quantitative estimate of drug-likeness (QED) is 0.546. The Hall–Kier alpha value is -0.0800. The molecule has 3 atom stereocenters. The maximum Gasteiger partial charge on any atom is 0.0246 e. The summed E-state index contributed by atoms with van der Waals surface area (Å²) in [5.74, 6) is 7.36. The monoisotopic (exact) mass is 240 g/mol. The maximum absolute atomic E-state index is 5.82. The van der Waals surface area contributed by atoms with E-state index < -0.39 is 0 Å². The van der Waals surface area contributed by atoms with E-state index in [0.29, 0.717) is 11.5 Å². The van der Waals surface area contributed by atoms with E-state index in [4.69, 9.17) is 5.84 Å². The van der Waals surface area contributed by atoms with Gasteiger partial charge >= 0.3 is 0 Å². The molecule has 3 N–H and O–H groups in total. The fourth-order valence-electron chi connectivity index (χ4n) is 3.66. The Morgan fingerprint density at radius 1 is 1.35 bits per heavy atom. The topological polar surface area (TPSA) is 38.0 Å². The molecule has 0 bridgehead atoms. The second-order valence-electron chi connectivity index (χ2n) is 6.74. The average molecular weight is 240 g/mol. The molecule has 2 nitrogen and oxygen atoms in total. The van der Waals surface area contributed by atoms with Crippen molar-refractivity contribution in [2.45, 2.75) is 78.7 Å². The summed E-state index contributed by atoms with van der Waals surface area (Å²) in [5, 5.41) is 0. The van der Waals surface area contributed by atoms with Gasteiger partial charge in [-0.3, -0.25) is 11.3 Å². The van der Waals surface area contributed by atoms with E-state index in [1.165, 1.54) is 44.9 Å². The lowest BCUT2D eigenvalue weighted by atomic mass is 9.65. The van der Waals surface area contributed by atoms with Gasteiger partial charge in [-0.05, 0) is 36.5 Å². The number of nitrogens with one attached hydrogen (secondary N) is 1. The molecule has 0 aliphatic heterocycles. The lowest BCUT2D eigenvalue weighted by molar-refractivity contribution is 0.0879. The first-order valence-electron chi connectivity index (χ1n) is 7.47. The predicted octanol–water partition coefficient (Wildman–Crippen LogP) is 3.86. The minimum atomic E-state index is 0.460. The summed E-state index contributed by atoms with van der Waals surface area (Å²) in [6.45, 7) is 9.48. The van der Waals surface area contributed by atoms with Crippen LogP contribution in [-0.4, -0.2) is 6.04 Å². The Morgan fingerprint density at radius 2 is 2.06 bits per heavy atom. The SMILES string of the molecule is CCCC(C)CC(NN)C1CCCCC1(C)C. The van der Waals surface area contributed by atoms with Crippen molar-refractivity contribution in [1.82, 2.24) is 5.43 Å². The van der Waals surface area contributed by atoms with Gasteiger partial charge in [0.05, 0.1) is 0 Å². The molecule has 2 heteroatoms. The first-order chi connectivity index (χ1) is 8.01. The molecular weight excluding hydrogens is 208 g/mol. The minimum absolute atomic E-state index is 0.460. The van der Waals surface area contributed by atoms with Gasteiger partial charge in [0.25, 0.3) is 0 Å². The summed E-state index contributed by atoms with van der Waals surface area (Å²) in [4.78, 5) is 0. The normalized spacial score (nSPS) is 27.7. The number of hydrogen-bond donors (Lipinski definition) is 2. The fraction of sp³-hybridized carbons (Fsp3) is 1.00. The fourth-order valence-corrected chi connectivity index (χ4v) is 3.66. The molecule has 1 fully saturated rings. The minimum Gasteiger partial charge on any atom is -0.271 e. The molecule has 17 heavy (non-hydrogen) atoms. The zero-order valence-corrected chi connectivity index (χ0v) is 12.3. The van der Waals surface area contributed by atoms with Crippen molar-refractivity contribution in [2.24, 2.45) is 23.1 Å². The Balaban J connectivity index is 2.58. The van der Waals surface area contributed by atoms with Gasteiger partial charge in [0.15, 0.2) is 0 Å². The Kier molecular flexibility index (Phi) is 5.94. The molecule has 0 radical (unpaired) electrons. The van der Waals surface area contributed by atoms with E-state index in [2.05, 4.69) is 33.1 Å². The molecule has 0 amide bonds. The van der Waals surface area contributed by atoms with Crippen molar-refractivity contribution in [3.05, 3.63) is 0 Å². The van der Waals surface area contributed by atoms with Gasteiger partial charge in [0.1, 0.15) is 0 Å². The van der Waals surface area contributed by atoms with Crippen LogP contribution in [0.4, 0.5) is 0 Å². The van der Waals surface area contributed by atoms with Crippen molar-refractivity contribution in [3.63, 3.8) is 0 Å². The highest BCUT2D eigenvalue weighted by atomic mass is 15.2. The molecule has 0 heterocycles. The predicted molar refractivity (Wildman–Crippen MR) is 75.5 cm³/mol. The van der Waals surface area contributed by atoms with Crippen LogP contribution in [0.2, 0.25) is 0 Å². The molecule has 0 aromatic heterocycles. The van der Waals surface area contributed by atoms with Crippen LogP contribution in [0.5, 0.6) is 0 Å². The molecule has 0 aromatic rings. The van der Waals surface area contributed by atoms with Crippen molar-refractivity contribution < 1.29 is 0 Å². The average Bonchev–Trinajstić information content (AvgIpc) is 2.26. The summed E-state index contributed by atoms with van der Waals surface area (Å²) >= 11 is 0. The third kappa shape index (κ3) is 4.26. The molecule has 0 aromatic carbocycles. The van der Waals surface area contributed by atoms with Crippen LogP contribution in [0.15, 0.2) is 0 Å². The summed E-state index contributed by atoms with van der Waals surface area (Å²) in [5.41, 5.74) is 3.58. The lowest BCUT2D eigenvalue weighted by Crippen LogP contribution is -2.48. The first kappa shape index (κ1) is 15.0. The Morgan fingerprint density at radius 3 is 2.59 bits per heavy atom. The van der Waals surface area contributed by atoms with Crippen molar-refractivity contribution in [2.75, 3.05) is 0 Å². The molecule has 1 aliphatic carbocycles. The largest absolute Gasteiger partial charge is 0.271 e. The number of rotatable bonds is 6. The zero-order chi connectivity index (χ0) is 12.9. The van der Waals surface area contributed by atoms with Crippen LogP contribution in [0.3, 0.4) is 0 Å². The molecule has 0 spiro atoms. The van der Waals surface area contributed by atoms with Gasteiger partial charge in [-0.25, -0.2) is 0 Å². The van der Waals surface area contributed by atoms with Gasteiger partial charge in [-0.15, -0.1) is 0 Å². The van der Waals surface area contributed by atoms with E-state index >= 15 is 0 Å². The highest BCUT2D eigenvalue weighted by molar-refractivity contribution is 4.90. The summed E-state index contributed by atoms with van der Waals surface area (Å²) < 4.78 is 0. The Bertz CT molecular complexity index is 213. The van der Waals surface area contributed by atoms with E-state index in [0.717, 1.165) is 11.8 Å². The van der Waals surface area contributed by atoms with E-state index in [-0.39, 0.29) is 0 Å². The van der Waals surface area contributed by atoms with Crippen LogP contribution in [0, 0.1) is 17.3 Å². The van der Waals surface area contributed by atoms with Crippen molar-refractivity contribution in [1.29, 1.82) is 0 Å². The summed E-state index contributed by atoms with van der Waals surface area (Å²) in [6, 6.07) is 0.506.